The molecule has 0 radical (unpaired) electrons. The molecule has 2 nitrogen and oxygen atoms in total. The van der Waals surface area contributed by atoms with Crippen LogP contribution in [0.1, 0.15) is 39.7 Å². The molecule has 0 spiro atoms. The Morgan fingerprint density at radius 2 is 1.50 bits per heavy atom. The fraction of sp³-hybridized carbons (Fsp3) is 0.667. The molecule has 0 bridgehead atoms. The van der Waals surface area contributed by atoms with E-state index < -0.39 is 0 Å². The Morgan fingerprint density at radius 3 is 1.95 bits per heavy atom. The minimum absolute atomic E-state index is 0.500. The lowest BCUT2D eigenvalue weighted by atomic mass is 10.0. The lowest BCUT2D eigenvalue weighted by Gasteiger charge is -2.33. The number of rotatable bonds is 9. The summed E-state index contributed by atoms with van der Waals surface area (Å²) in [5.41, 5.74) is 7.46. The van der Waals surface area contributed by atoms with Crippen molar-refractivity contribution in [3.8, 4) is 0 Å². The van der Waals surface area contributed by atoms with Gasteiger partial charge in [-0.15, -0.1) is 0 Å². The molecule has 1 atom stereocenters. The Balaban J connectivity index is 2.59. The number of benzene rings is 1. The van der Waals surface area contributed by atoms with Gasteiger partial charge >= 0.3 is 0 Å². The lowest BCUT2D eigenvalue weighted by molar-refractivity contribution is 0.152. The van der Waals surface area contributed by atoms with Gasteiger partial charge in [0.05, 0.1) is 0 Å². The van der Waals surface area contributed by atoms with Gasteiger partial charge in [0, 0.05) is 25.7 Å². The highest BCUT2D eigenvalue weighted by molar-refractivity contribution is 5.14. The largest absolute Gasteiger partial charge is 0.329 e. The van der Waals surface area contributed by atoms with Crippen LogP contribution >= 0.6 is 0 Å². The molecule has 0 saturated heterocycles. The van der Waals surface area contributed by atoms with Crippen molar-refractivity contribution in [1.29, 1.82) is 0 Å². The first-order valence-electron chi connectivity index (χ1n) is 8.01. The zero-order valence-electron chi connectivity index (χ0n) is 13.7. The van der Waals surface area contributed by atoms with Gasteiger partial charge in [0.1, 0.15) is 0 Å². The summed E-state index contributed by atoms with van der Waals surface area (Å²) in [4.78, 5) is 2.60. The van der Waals surface area contributed by atoms with Crippen molar-refractivity contribution in [1.82, 2.24) is 4.90 Å². The molecule has 20 heavy (non-hydrogen) atoms. The van der Waals surface area contributed by atoms with Crippen molar-refractivity contribution in [2.24, 2.45) is 17.6 Å². The van der Waals surface area contributed by atoms with Crippen molar-refractivity contribution >= 4 is 0 Å². The van der Waals surface area contributed by atoms with Crippen LogP contribution in [0.15, 0.2) is 30.3 Å². The van der Waals surface area contributed by atoms with Gasteiger partial charge in [-0.3, -0.25) is 4.90 Å². The molecule has 0 aromatic heterocycles. The Bertz CT molecular complexity index is 336. The van der Waals surface area contributed by atoms with Gasteiger partial charge in [0.25, 0.3) is 0 Å². The SMILES string of the molecule is CC(C)CN(CC(C)C)C(CN)CCc1ccccc1. The number of nitrogens with two attached hydrogens (primary N) is 1. The van der Waals surface area contributed by atoms with E-state index in [2.05, 4.69) is 62.9 Å². The summed E-state index contributed by atoms with van der Waals surface area (Å²) < 4.78 is 0. The Kier molecular flexibility index (Phi) is 7.86. The molecule has 0 aliphatic carbocycles. The zero-order valence-corrected chi connectivity index (χ0v) is 13.7. The first kappa shape index (κ1) is 17.2. The van der Waals surface area contributed by atoms with Crippen molar-refractivity contribution in [3.05, 3.63) is 35.9 Å². The molecule has 2 heteroatoms. The molecule has 1 aromatic carbocycles. The second-order valence-corrected chi connectivity index (χ2v) is 6.66. The van der Waals surface area contributed by atoms with Crippen molar-refractivity contribution < 1.29 is 0 Å². The molecule has 0 aliphatic rings. The molecule has 1 unspecified atom stereocenters. The topological polar surface area (TPSA) is 29.3 Å². The second-order valence-electron chi connectivity index (χ2n) is 6.66. The highest BCUT2D eigenvalue weighted by Gasteiger charge is 2.19. The van der Waals surface area contributed by atoms with Crippen LogP contribution < -0.4 is 5.73 Å². The van der Waals surface area contributed by atoms with Crippen LogP contribution in [0.5, 0.6) is 0 Å². The zero-order chi connectivity index (χ0) is 15.0. The van der Waals surface area contributed by atoms with Gasteiger partial charge in [0.15, 0.2) is 0 Å². The van der Waals surface area contributed by atoms with E-state index >= 15 is 0 Å². The number of hydrogen-bond donors (Lipinski definition) is 1. The molecule has 0 heterocycles. The molecule has 2 N–H and O–H groups in total. The van der Waals surface area contributed by atoms with Gasteiger partial charge in [-0.05, 0) is 30.2 Å². The van der Waals surface area contributed by atoms with E-state index in [1.165, 1.54) is 5.56 Å². The predicted octanol–water partition coefficient (Wildman–Crippen LogP) is 3.56. The normalized spacial score (nSPS) is 13.4. The third-order valence-corrected chi connectivity index (χ3v) is 3.60. The summed E-state index contributed by atoms with van der Waals surface area (Å²) in [7, 11) is 0. The highest BCUT2D eigenvalue weighted by Crippen LogP contribution is 2.13. The fourth-order valence-electron chi connectivity index (χ4n) is 2.74. The van der Waals surface area contributed by atoms with Gasteiger partial charge in [-0.25, -0.2) is 0 Å². The monoisotopic (exact) mass is 276 g/mol. The minimum Gasteiger partial charge on any atom is -0.329 e. The fourth-order valence-corrected chi connectivity index (χ4v) is 2.74. The highest BCUT2D eigenvalue weighted by atomic mass is 15.2. The molecular formula is C18H32N2. The molecule has 114 valence electrons. The maximum absolute atomic E-state index is 6.05. The van der Waals surface area contributed by atoms with Crippen LogP contribution in [0.3, 0.4) is 0 Å². The van der Waals surface area contributed by atoms with Crippen LogP contribution in [-0.4, -0.2) is 30.6 Å². The first-order chi connectivity index (χ1) is 9.52. The summed E-state index contributed by atoms with van der Waals surface area (Å²) in [5.74, 6) is 1.39. The van der Waals surface area contributed by atoms with E-state index in [0.29, 0.717) is 17.9 Å². The van der Waals surface area contributed by atoms with Gasteiger partial charge in [0.2, 0.25) is 0 Å². The van der Waals surface area contributed by atoms with Crippen molar-refractivity contribution in [2.75, 3.05) is 19.6 Å². The summed E-state index contributed by atoms with van der Waals surface area (Å²) in [5, 5.41) is 0. The van der Waals surface area contributed by atoms with Gasteiger partial charge in [-0.1, -0.05) is 58.0 Å². The molecule has 1 rings (SSSR count). The maximum Gasteiger partial charge on any atom is 0.0221 e. The van der Waals surface area contributed by atoms with Crippen LogP contribution in [0.4, 0.5) is 0 Å². The number of hydrogen-bond acceptors (Lipinski definition) is 2. The first-order valence-corrected chi connectivity index (χ1v) is 8.01. The van der Waals surface area contributed by atoms with Gasteiger partial charge < -0.3 is 5.73 Å². The number of aryl methyl sites for hydroxylation is 1. The average Bonchev–Trinajstić information content (AvgIpc) is 2.39. The van der Waals surface area contributed by atoms with E-state index in [9.17, 15) is 0 Å². The standard InChI is InChI=1S/C18H32N2/c1-15(2)13-20(14-16(3)4)18(12-19)11-10-17-8-6-5-7-9-17/h5-9,15-16,18H,10-14,19H2,1-4H3. The smallest absolute Gasteiger partial charge is 0.0221 e. The van der Waals surface area contributed by atoms with E-state index in [1.807, 2.05) is 0 Å². The molecule has 0 aliphatic heterocycles. The van der Waals surface area contributed by atoms with Crippen molar-refractivity contribution in [2.45, 2.75) is 46.6 Å². The Labute approximate surface area is 125 Å². The predicted molar refractivity (Wildman–Crippen MR) is 88.9 cm³/mol. The molecular weight excluding hydrogens is 244 g/mol. The number of nitrogens with zero attached hydrogens (tertiary/aromatic N) is 1. The summed E-state index contributed by atoms with van der Waals surface area (Å²) >= 11 is 0. The maximum atomic E-state index is 6.05. The summed E-state index contributed by atoms with van der Waals surface area (Å²) in [6.07, 6.45) is 2.27. The van der Waals surface area contributed by atoms with E-state index in [-0.39, 0.29) is 0 Å². The van der Waals surface area contributed by atoms with E-state index in [0.717, 1.165) is 32.5 Å². The third-order valence-electron chi connectivity index (χ3n) is 3.60. The van der Waals surface area contributed by atoms with E-state index in [1.54, 1.807) is 0 Å². The molecule has 0 amide bonds. The summed E-state index contributed by atoms with van der Waals surface area (Å²) in [6.45, 7) is 12.2. The van der Waals surface area contributed by atoms with E-state index in [4.69, 9.17) is 5.73 Å². The average molecular weight is 276 g/mol. The van der Waals surface area contributed by atoms with Crippen LogP contribution in [0.25, 0.3) is 0 Å². The second kappa shape index (κ2) is 9.15. The van der Waals surface area contributed by atoms with Crippen LogP contribution in [0.2, 0.25) is 0 Å². The summed E-state index contributed by atoms with van der Waals surface area (Å²) in [6, 6.07) is 11.2. The molecule has 1 aromatic rings. The quantitative estimate of drug-likeness (QED) is 0.747. The Hall–Kier alpha value is -0.860. The third kappa shape index (κ3) is 6.53. The van der Waals surface area contributed by atoms with Gasteiger partial charge in [-0.2, -0.15) is 0 Å². The minimum atomic E-state index is 0.500. The lowest BCUT2D eigenvalue weighted by Crippen LogP contribution is -2.44. The van der Waals surface area contributed by atoms with Crippen molar-refractivity contribution in [3.63, 3.8) is 0 Å². The molecule has 0 fully saturated rings. The molecule has 0 saturated carbocycles. The van der Waals surface area contributed by atoms with Crippen LogP contribution in [0, 0.1) is 11.8 Å². The van der Waals surface area contributed by atoms with Crippen LogP contribution in [-0.2, 0) is 6.42 Å². The Morgan fingerprint density at radius 1 is 0.950 bits per heavy atom.